The van der Waals surface area contributed by atoms with E-state index in [0.717, 1.165) is 116 Å². The van der Waals surface area contributed by atoms with Gasteiger partial charge in [-0.2, -0.15) is 0 Å². The number of likely N-dealkylation sites (N-methyl/N-ethyl adjacent to an activating group) is 1. The van der Waals surface area contributed by atoms with Crippen molar-refractivity contribution in [2.24, 2.45) is 0 Å². The molecule has 71 heavy (non-hydrogen) atoms. The summed E-state index contributed by atoms with van der Waals surface area (Å²) in [5.41, 5.74) is 0. The molecule has 1 amide bonds. The number of rotatable bonds is 50. The number of carbonyl (C=O) groups excluding carboxylic acids is 2. The molecule has 0 rings (SSSR count). The van der Waals surface area contributed by atoms with Crippen molar-refractivity contribution in [1.29, 1.82) is 0 Å². The molecule has 9 nitrogen and oxygen atoms in total. The maximum atomic E-state index is 13.5. The Labute approximate surface area is 437 Å². The van der Waals surface area contributed by atoms with Crippen molar-refractivity contribution >= 4 is 19.7 Å². The number of carbonyl (C=O) groups is 2. The highest BCUT2D eigenvalue weighted by atomic mass is 31.2. The van der Waals surface area contributed by atoms with E-state index >= 15 is 0 Å². The van der Waals surface area contributed by atoms with Crippen LogP contribution in [0.4, 0.5) is 0 Å². The summed E-state index contributed by atoms with van der Waals surface area (Å²) >= 11 is 0. The number of amides is 1. The molecule has 0 aromatic carbocycles. The van der Waals surface area contributed by atoms with E-state index in [0.29, 0.717) is 17.4 Å². The highest BCUT2D eigenvalue weighted by Crippen LogP contribution is 2.43. The molecule has 0 aliphatic rings. The number of phosphoric ester groups is 1. The Morgan fingerprint density at radius 1 is 0.507 bits per heavy atom. The van der Waals surface area contributed by atoms with Crippen molar-refractivity contribution in [3.8, 4) is 0 Å². The number of ether oxygens (including phenoxy) is 1. The van der Waals surface area contributed by atoms with E-state index in [1.165, 1.54) is 70.6 Å². The molecule has 10 heteroatoms. The summed E-state index contributed by atoms with van der Waals surface area (Å²) in [6.45, 7) is 6.74. The van der Waals surface area contributed by atoms with Crippen molar-refractivity contribution < 1.29 is 37.3 Å². The van der Waals surface area contributed by atoms with Gasteiger partial charge in [0.2, 0.25) is 5.91 Å². The lowest BCUT2D eigenvalue weighted by Gasteiger charge is -2.27. The van der Waals surface area contributed by atoms with Gasteiger partial charge >= 0.3 is 13.8 Å². The van der Waals surface area contributed by atoms with Crippen molar-refractivity contribution in [2.75, 3.05) is 40.9 Å². The molecule has 0 saturated heterocycles. The third-order valence-corrected chi connectivity index (χ3v) is 13.0. The quantitative estimate of drug-likeness (QED) is 0.0205. The number of phosphoric acid groups is 1. The highest BCUT2D eigenvalue weighted by Gasteiger charge is 2.30. The zero-order valence-corrected chi connectivity index (χ0v) is 47.3. The van der Waals surface area contributed by atoms with Crippen LogP contribution in [0.5, 0.6) is 0 Å². The Morgan fingerprint density at radius 3 is 1.37 bits per heavy atom. The van der Waals surface area contributed by atoms with Crippen LogP contribution in [0.15, 0.2) is 97.2 Å². The monoisotopic (exact) mass is 1010 g/mol. The maximum Gasteiger partial charge on any atom is 0.472 e. The average Bonchev–Trinajstić information content (AvgIpc) is 3.33. The van der Waals surface area contributed by atoms with Crippen LogP contribution in [0.3, 0.4) is 0 Å². The van der Waals surface area contributed by atoms with Crippen LogP contribution in [0.25, 0.3) is 0 Å². The molecule has 0 aliphatic carbocycles. The fourth-order valence-electron chi connectivity index (χ4n) is 7.65. The smallest absolute Gasteiger partial charge is 0.456 e. The summed E-state index contributed by atoms with van der Waals surface area (Å²) in [6, 6.07) is -0.873. The normalized spacial score (nSPS) is 14.5. The zero-order valence-electron chi connectivity index (χ0n) is 46.4. The third-order valence-electron chi connectivity index (χ3n) is 12.0. The number of allylic oxidation sites excluding steroid dienone is 15. The van der Waals surface area contributed by atoms with Crippen LogP contribution in [-0.2, 0) is 27.9 Å². The van der Waals surface area contributed by atoms with E-state index in [2.05, 4.69) is 111 Å². The molecule has 0 bridgehead atoms. The van der Waals surface area contributed by atoms with E-state index in [1.54, 1.807) is 0 Å². The van der Waals surface area contributed by atoms with Gasteiger partial charge in [0.25, 0.3) is 0 Å². The molecule has 0 saturated carbocycles. The molecule has 0 radical (unpaired) electrons. The number of hydrogen-bond acceptors (Lipinski definition) is 6. The van der Waals surface area contributed by atoms with Crippen molar-refractivity contribution in [1.82, 2.24) is 5.32 Å². The molecule has 0 spiro atoms. The summed E-state index contributed by atoms with van der Waals surface area (Å²) in [4.78, 5) is 37.6. The predicted molar refractivity (Wildman–Crippen MR) is 304 cm³/mol. The molecule has 0 fully saturated rings. The Balaban J connectivity index is 5.42. The van der Waals surface area contributed by atoms with E-state index in [9.17, 15) is 19.0 Å². The average molecular weight is 1010 g/mol. The largest absolute Gasteiger partial charge is 0.472 e. The SMILES string of the molecule is CC/C=C\C/C=C\C/C=C\C/C=C\C/C=C\CCCCCC(=O)NC(COP(=O)(O)OCC[N+](C)(C)C)C(/C=C\CCCCCCCCCCCC)OC(=O)CCCCCCCCC/C=C/C/C=C/CC. The second kappa shape index (κ2) is 50.5. The van der Waals surface area contributed by atoms with Gasteiger partial charge in [-0.1, -0.05) is 208 Å². The number of hydrogen-bond donors (Lipinski definition) is 2. The van der Waals surface area contributed by atoms with Gasteiger partial charge in [-0.25, -0.2) is 4.57 Å². The fraction of sp³-hybridized carbons (Fsp3) is 0.705. The Morgan fingerprint density at radius 2 is 0.901 bits per heavy atom. The van der Waals surface area contributed by atoms with Gasteiger partial charge in [0.05, 0.1) is 33.8 Å². The summed E-state index contributed by atoms with van der Waals surface area (Å²) < 4.78 is 30.6. The van der Waals surface area contributed by atoms with Crippen molar-refractivity contribution in [2.45, 2.75) is 238 Å². The number of nitrogens with zero attached hydrogens (tertiary/aromatic N) is 1. The Bertz CT molecular complexity index is 1540. The van der Waals surface area contributed by atoms with Gasteiger partial charge in [0, 0.05) is 12.8 Å². The van der Waals surface area contributed by atoms with Crippen molar-refractivity contribution in [3.63, 3.8) is 0 Å². The van der Waals surface area contributed by atoms with E-state index in [1.807, 2.05) is 33.3 Å². The highest BCUT2D eigenvalue weighted by molar-refractivity contribution is 7.47. The van der Waals surface area contributed by atoms with E-state index in [-0.39, 0.29) is 37.9 Å². The topological polar surface area (TPSA) is 111 Å². The molecule has 3 atom stereocenters. The third kappa shape index (κ3) is 51.6. The van der Waals surface area contributed by atoms with Gasteiger partial charge < -0.3 is 19.4 Å². The number of unbranched alkanes of at least 4 members (excludes halogenated alkanes) is 20. The number of quaternary nitrogens is 1. The first-order chi connectivity index (χ1) is 34.4. The first kappa shape index (κ1) is 67.9. The first-order valence-corrected chi connectivity index (χ1v) is 30.1. The molecule has 0 heterocycles. The summed E-state index contributed by atoms with van der Waals surface area (Å²) in [5, 5.41) is 3.02. The first-order valence-electron chi connectivity index (χ1n) is 28.6. The van der Waals surface area contributed by atoms with Crippen LogP contribution >= 0.6 is 7.82 Å². The maximum absolute atomic E-state index is 13.5. The molecular weight excluding hydrogens is 904 g/mol. The zero-order chi connectivity index (χ0) is 52.2. The molecular formula is C61H108N2O7P+. The van der Waals surface area contributed by atoms with Gasteiger partial charge in [-0.15, -0.1) is 0 Å². The molecule has 2 N–H and O–H groups in total. The van der Waals surface area contributed by atoms with Crippen LogP contribution < -0.4 is 5.32 Å². The number of esters is 1. The molecule has 0 aromatic heterocycles. The Kier molecular flexibility index (Phi) is 48.3. The standard InChI is InChI=1S/C61H107N2O7P/c1-7-10-13-16-19-22-25-28-30-31-32-33-34-35-38-41-44-47-50-53-60(64)62-58(57-69-71(66,67)68-56-55-63(4,5)6)59(52-49-46-43-40-37-27-24-21-18-15-12-9-3)70-61(65)54-51-48-45-42-39-36-29-26-23-20-17-14-11-8-2/h10-11,13-14,19-20,22-23,28,30,32-33,35,38,49,52,58-59H,7-9,12,15-18,21,24-27,29,31,34,36-37,39-48,50-51,53-57H2,1-6H3,(H-,62,64,66,67)/p+1/b13-10-,14-11+,22-19-,23-20+,30-28-,33-32-,38-35-,52-49-. The fourth-order valence-corrected chi connectivity index (χ4v) is 8.39. The lowest BCUT2D eigenvalue weighted by Crippen LogP contribution is -2.47. The lowest BCUT2D eigenvalue weighted by molar-refractivity contribution is -0.870. The predicted octanol–water partition coefficient (Wildman–Crippen LogP) is 17.2. The van der Waals surface area contributed by atoms with E-state index < -0.39 is 20.0 Å². The Hall–Kier alpha value is -3.07. The number of nitrogens with one attached hydrogen (secondary N) is 1. The minimum atomic E-state index is -4.46. The summed E-state index contributed by atoms with van der Waals surface area (Å²) in [7, 11) is 1.45. The second-order valence-corrected chi connectivity index (χ2v) is 21.5. The molecule has 0 aliphatic heterocycles. The van der Waals surface area contributed by atoms with Crippen LogP contribution in [0, 0.1) is 0 Å². The molecule has 408 valence electrons. The van der Waals surface area contributed by atoms with Gasteiger partial charge in [0.15, 0.2) is 0 Å². The minimum absolute atomic E-state index is 0.0274. The minimum Gasteiger partial charge on any atom is -0.456 e. The van der Waals surface area contributed by atoms with Crippen molar-refractivity contribution in [3.05, 3.63) is 97.2 Å². The van der Waals surface area contributed by atoms with Gasteiger partial charge in [0.1, 0.15) is 19.3 Å². The van der Waals surface area contributed by atoms with E-state index in [4.69, 9.17) is 13.8 Å². The van der Waals surface area contributed by atoms with Gasteiger partial charge in [-0.05, 0) is 102 Å². The van der Waals surface area contributed by atoms with Gasteiger partial charge in [-0.3, -0.25) is 18.6 Å². The van der Waals surface area contributed by atoms with Crippen LogP contribution in [-0.4, -0.2) is 74.3 Å². The second-order valence-electron chi connectivity index (χ2n) is 20.0. The molecule has 3 unspecified atom stereocenters. The molecule has 0 aromatic rings. The lowest BCUT2D eigenvalue weighted by atomic mass is 10.0. The summed E-state index contributed by atoms with van der Waals surface area (Å²) in [5.74, 6) is -0.559. The van der Waals surface area contributed by atoms with Crippen LogP contribution in [0.2, 0.25) is 0 Å². The summed E-state index contributed by atoms with van der Waals surface area (Å²) in [6.07, 6.45) is 66.9. The van der Waals surface area contributed by atoms with Crippen LogP contribution in [0.1, 0.15) is 226 Å².